The lowest BCUT2D eigenvalue weighted by atomic mass is 10.1. The van der Waals surface area contributed by atoms with E-state index in [1.165, 1.54) is 5.56 Å². The fraction of sp³-hybridized carbons (Fsp3) is 0.250. The van der Waals surface area contributed by atoms with Crippen LogP contribution in [0, 0.1) is 0 Å². The summed E-state index contributed by atoms with van der Waals surface area (Å²) in [5.74, 6) is 0.862. The van der Waals surface area contributed by atoms with Gasteiger partial charge in [0.15, 0.2) is 0 Å². The molecule has 0 radical (unpaired) electrons. The zero-order chi connectivity index (χ0) is 14.5. The Morgan fingerprint density at radius 3 is 2.65 bits per heavy atom. The summed E-state index contributed by atoms with van der Waals surface area (Å²) in [4.78, 5) is 2.14. The molecule has 0 aliphatic carbocycles. The summed E-state index contributed by atoms with van der Waals surface area (Å²) in [6.45, 7) is 1.20. The van der Waals surface area contributed by atoms with E-state index in [1.807, 2.05) is 43.4 Å². The standard InChI is InChI=1S/C16H19ClN2O/c1-19(11-12-5-3-6-13(9-12)20-2)16-8-4-7-15(17)14(16)10-18/h3-9H,10-11,18H2,1-2H3. The highest BCUT2D eigenvalue weighted by molar-refractivity contribution is 6.31. The summed E-state index contributed by atoms with van der Waals surface area (Å²) in [5, 5.41) is 0.711. The average molecular weight is 291 g/mol. The fourth-order valence-corrected chi connectivity index (χ4v) is 2.48. The fourth-order valence-electron chi connectivity index (χ4n) is 2.24. The third kappa shape index (κ3) is 3.24. The molecule has 2 aromatic carbocycles. The topological polar surface area (TPSA) is 38.5 Å². The number of rotatable bonds is 5. The molecule has 0 saturated heterocycles. The van der Waals surface area contributed by atoms with Gasteiger partial charge in [0.2, 0.25) is 0 Å². The maximum Gasteiger partial charge on any atom is 0.119 e. The van der Waals surface area contributed by atoms with E-state index >= 15 is 0 Å². The SMILES string of the molecule is COc1cccc(CN(C)c2cccc(Cl)c2CN)c1. The highest BCUT2D eigenvalue weighted by Crippen LogP contribution is 2.27. The van der Waals surface area contributed by atoms with Gasteiger partial charge in [0.25, 0.3) is 0 Å². The first-order valence-corrected chi connectivity index (χ1v) is 6.85. The second-order valence-corrected chi connectivity index (χ2v) is 5.06. The zero-order valence-electron chi connectivity index (χ0n) is 11.8. The van der Waals surface area contributed by atoms with Crippen molar-refractivity contribution in [2.75, 3.05) is 19.1 Å². The Kier molecular flexibility index (Phi) is 4.88. The quantitative estimate of drug-likeness (QED) is 0.917. The van der Waals surface area contributed by atoms with Gasteiger partial charge in [0, 0.05) is 36.4 Å². The molecule has 2 N–H and O–H groups in total. The molecule has 0 atom stereocenters. The summed E-state index contributed by atoms with van der Waals surface area (Å²) in [6.07, 6.45) is 0. The molecule has 106 valence electrons. The summed E-state index contributed by atoms with van der Waals surface area (Å²) < 4.78 is 5.25. The van der Waals surface area contributed by atoms with Crippen LogP contribution < -0.4 is 15.4 Å². The summed E-state index contributed by atoms with van der Waals surface area (Å²) in [7, 11) is 3.70. The van der Waals surface area contributed by atoms with E-state index in [9.17, 15) is 0 Å². The number of halogens is 1. The number of hydrogen-bond acceptors (Lipinski definition) is 3. The van der Waals surface area contributed by atoms with Crippen molar-refractivity contribution in [3.63, 3.8) is 0 Å². The van der Waals surface area contributed by atoms with Gasteiger partial charge < -0.3 is 15.4 Å². The molecule has 3 nitrogen and oxygen atoms in total. The second-order valence-electron chi connectivity index (χ2n) is 4.65. The molecule has 0 aliphatic rings. The van der Waals surface area contributed by atoms with Crippen LogP contribution in [0.5, 0.6) is 5.75 Å². The molecule has 4 heteroatoms. The van der Waals surface area contributed by atoms with Crippen molar-refractivity contribution >= 4 is 17.3 Å². The van der Waals surface area contributed by atoms with Gasteiger partial charge in [0.05, 0.1) is 7.11 Å². The third-order valence-corrected chi connectivity index (χ3v) is 3.62. The lowest BCUT2D eigenvalue weighted by Gasteiger charge is -2.23. The van der Waals surface area contributed by atoms with Crippen LogP contribution in [0.15, 0.2) is 42.5 Å². The maximum atomic E-state index is 6.20. The normalized spacial score (nSPS) is 10.4. The van der Waals surface area contributed by atoms with E-state index in [1.54, 1.807) is 7.11 Å². The van der Waals surface area contributed by atoms with E-state index in [0.717, 1.165) is 23.5 Å². The lowest BCUT2D eigenvalue weighted by molar-refractivity contribution is 0.414. The Labute approximate surface area is 124 Å². The van der Waals surface area contributed by atoms with Crippen molar-refractivity contribution in [1.29, 1.82) is 0 Å². The van der Waals surface area contributed by atoms with Crippen LogP contribution in [0.4, 0.5) is 5.69 Å². The maximum absolute atomic E-state index is 6.20. The molecule has 0 amide bonds. The van der Waals surface area contributed by atoms with E-state index in [0.29, 0.717) is 11.6 Å². The Morgan fingerprint density at radius 2 is 1.95 bits per heavy atom. The van der Waals surface area contributed by atoms with Crippen LogP contribution in [0.1, 0.15) is 11.1 Å². The van der Waals surface area contributed by atoms with Crippen LogP contribution in [0.25, 0.3) is 0 Å². The van der Waals surface area contributed by atoms with Crippen LogP contribution in [-0.2, 0) is 13.1 Å². The monoisotopic (exact) mass is 290 g/mol. The lowest BCUT2D eigenvalue weighted by Crippen LogP contribution is -2.19. The predicted molar refractivity (Wildman–Crippen MR) is 84.4 cm³/mol. The molecule has 0 aromatic heterocycles. The largest absolute Gasteiger partial charge is 0.497 e. The van der Waals surface area contributed by atoms with E-state index in [2.05, 4.69) is 11.0 Å². The molecule has 0 saturated carbocycles. The summed E-state index contributed by atoms with van der Waals surface area (Å²) >= 11 is 6.20. The van der Waals surface area contributed by atoms with Crippen molar-refractivity contribution in [2.24, 2.45) is 5.73 Å². The molecule has 0 spiro atoms. The van der Waals surface area contributed by atoms with E-state index in [-0.39, 0.29) is 0 Å². The van der Waals surface area contributed by atoms with Gasteiger partial charge in [-0.3, -0.25) is 0 Å². The number of methoxy groups -OCH3 is 1. The Morgan fingerprint density at radius 1 is 1.20 bits per heavy atom. The first-order valence-electron chi connectivity index (χ1n) is 6.47. The number of benzene rings is 2. The predicted octanol–water partition coefficient (Wildman–Crippen LogP) is 3.44. The number of nitrogens with zero attached hydrogens (tertiary/aromatic N) is 1. The zero-order valence-corrected chi connectivity index (χ0v) is 12.5. The summed E-state index contributed by atoms with van der Waals surface area (Å²) in [5.41, 5.74) is 9.00. The van der Waals surface area contributed by atoms with Gasteiger partial charge in [-0.15, -0.1) is 0 Å². The van der Waals surface area contributed by atoms with Crippen molar-refractivity contribution in [3.8, 4) is 5.75 Å². The van der Waals surface area contributed by atoms with E-state index in [4.69, 9.17) is 22.1 Å². The van der Waals surface area contributed by atoms with Crippen LogP contribution >= 0.6 is 11.6 Å². The van der Waals surface area contributed by atoms with Crippen LogP contribution in [0.3, 0.4) is 0 Å². The van der Waals surface area contributed by atoms with Crippen LogP contribution in [-0.4, -0.2) is 14.2 Å². The van der Waals surface area contributed by atoms with Crippen molar-refractivity contribution < 1.29 is 4.74 Å². The molecule has 0 fully saturated rings. The van der Waals surface area contributed by atoms with Gasteiger partial charge >= 0.3 is 0 Å². The molecule has 0 bridgehead atoms. The summed E-state index contributed by atoms with van der Waals surface area (Å²) in [6, 6.07) is 13.9. The van der Waals surface area contributed by atoms with Gasteiger partial charge in [0.1, 0.15) is 5.75 Å². The van der Waals surface area contributed by atoms with E-state index < -0.39 is 0 Å². The minimum atomic E-state index is 0.428. The highest BCUT2D eigenvalue weighted by Gasteiger charge is 2.10. The minimum Gasteiger partial charge on any atom is -0.497 e. The Hall–Kier alpha value is -1.71. The first-order chi connectivity index (χ1) is 9.65. The molecular weight excluding hydrogens is 272 g/mol. The molecule has 0 heterocycles. The molecular formula is C16H19ClN2O. The minimum absolute atomic E-state index is 0.428. The van der Waals surface area contributed by atoms with Crippen molar-refractivity contribution in [2.45, 2.75) is 13.1 Å². The molecule has 2 rings (SSSR count). The molecule has 20 heavy (non-hydrogen) atoms. The number of nitrogens with two attached hydrogens (primary N) is 1. The first kappa shape index (κ1) is 14.7. The van der Waals surface area contributed by atoms with Crippen molar-refractivity contribution in [1.82, 2.24) is 0 Å². The Balaban J connectivity index is 2.23. The molecule has 0 aliphatic heterocycles. The second kappa shape index (κ2) is 6.64. The number of anilines is 1. The highest BCUT2D eigenvalue weighted by atomic mass is 35.5. The smallest absolute Gasteiger partial charge is 0.119 e. The van der Waals surface area contributed by atoms with Gasteiger partial charge in [-0.1, -0.05) is 29.8 Å². The third-order valence-electron chi connectivity index (χ3n) is 3.26. The molecule has 0 unspecified atom stereocenters. The van der Waals surface area contributed by atoms with Gasteiger partial charge in [-0.25, -0.2) is 0 Å². The van der Waals surface area contributed by atoms with Crippen molar-refractivity contribution in [3.05, 3.63) is 58.6 Å². The average Bonchev–Trinajstić information content (AvgIpc) is 2.47. The Bertz CT molecular complexity index is 586. The molecule has 2 aromatic rings. The van der Waals surface area contributed by atoms with Gasteiger partial charge in [-0.05, 0) is 29.8 Å². The number of hydrogen-bond donors (Lipinski definition) is 1. The van der Waals surface area contributed by atoms with Crippen LogP contribution in [0.2, 0.25) is 5.02 Å². The van der Waals surface area contributed by atoms with Gasteiger partial charge in [-0.2, -0.15) is 0 Å². The number of ether oxygens (including phenoxy) is 1.